The van der Waals surface area contributed by atoms with E-state index < -0.39 is 13.5 Å². The molecule has 1 aromatic heterocycles. The molecule has 0 fully saturated rings. The summed E-state index contributed by atoms with van der Waals surface area (Å²) in [5, 5.41) is 27.8. The van der Waals surface area contributed by atoms with Crippen LogP contribution in [0.1, 0.15) is 33.4 Å². The molecule has 6 nitrogen and oxygen atoms in total. The van der Waals surface area contributed by atoms with Crippen LogP contribution in [-0.4, -0.2) is 23.0 Å². The molecule has 10 aromatic rings. The van der Waals surface area contributed by atoms with Crippen LogP contribution in [-0.2, 0) is 5.41 Å². The van der Waals surface area contributed by atoms with Crippen LogP contribution in [0.25, 0.3) is 34.2 Å². The summed E-state index contributed by atoms with van der Waals surface area (Å²) in [7, 11) is -2.95. The summed E-state index contributed by atoms with van der Waals surface area (Å²) in [5.41, 5.74) is 8.91. The summed E-state index contributed by atoms with van der Waals surface area (Å²) in [6, 6.07) is 85.6. The Morgan fingerprint density at radius 2 is 0.716 bits per heavy atom. The zero-order valence-electron chi connectivity index (χ0n) is 36.1. The summed E-state index contributed by atoms with van der Waals surface area (Å²) >= 11 is 0. The average molecular weight is 871 g/mol. The number of para-hydroxylation sites is 2. The van der Waals surface area contributed by atoms with Crippen molar-refractivity contribution in [2.45, 2.75) is 5.41 Å². The quantitative estimate of drug-likeness (QED) is 0.155. The molecule has 9 aromatic carbocycles. The number of nitrogens with zero attached hydrogens (tertiary/aromatic N) is 6. The van der Waals surface area contributed by atoms with Crippen molar-refractivity contribution < 1.29 is 0 Å². The first-order valence-electron chi connectivity index (χ1n) is 22.3. The molecule has 0 saturated carbocycles. The van der Waals surface area contributed by atoms with E-state index in [1.54, 1.807) is 0 Å². The predicted octanol–water partition coefficient (Wildman–Crippen LogP) is 10.5. The van der Waals surface area contributed by atoms with Gasteiger partial charge in [-0.3, -0.25) is 0 Å². The molecule has 3 heterocycles. The van der Waals surface area contributed by atoms with Crippen molar-refractivity contribution in [2.75, 3.05) is 4.90 Å². The Kier molecular flexibility index (Phi) is 9.39. The first-order chi connectivity index (χ1) is 33.2. The second-order valence-electron chi connectivity index (χ2n) is 16.9. The Bertz CT molecular complexity index is 3390. The first kappa shape index (κ1) is 39.6. The van der Waals surface area contributed by atoms with Gasteiger partial charge in [-0.25, -0.2) is 15.0 Å². The SMILES string of the molecule is N#Cc1cc(-c2nc(-c3ccccc3)nc(-c3ccccc3)n2)cc(C#N)c1N1c2ccccc2C2(c3ccccc31)c1ccccc1[Si](c1ccccc1)(c1ccccc1)c1ccccc12. The Hall–Kier alpha value is -9.01. The first-order valence-corrected chi connectivity index (χ1v) is 24.3. The standard InChI is InChI=1S/C60H38N6Si/c61-39-44-37-43(59-64-57(41-21-5-1-6-22-41)63-58(65-59)42-23-7-2-8-24-42)38-45(40-62)56(44)66-52-33-17-13-29-48(52)60(49-30-14-18-34-53(49)66)50-31-15-19-35-54(50)67(46-25-9-3-10-26-46,47-27-11-4-12-28-47)55-36-20-16-32-51(55)60/h1-38H. The van der Waals surface area contributed by atoms with E-state index in [1.165, 1.54) is 31.9 Å². The number of rotatable bonds is 6. The molecule has 12 rings (SSSR count). The minimum atomic E-state index is -2.95. The molecule has 312 valence electrons. The molecule has 0 bridgehead atoms. The third-order valence-electron chi connectivity index (χ3n) is 13.5. The molecule has 1 spiro atoms. The van der Waals surface area contributed by atoms with E-state index in [0.29, 0.717) is 39.9 Å². The fourth-order valence-corrected chi connectivity index (χ4v) is 16.2. The molecule has 0 aliphatic carbocycles. The fourth-order valence-electron chi connectivity index (χ4n) is 10.9. The maximum absolute atomic E-state index is 11.2. The maximum atomic E-state index is 11.2. The van der Waals surface area contributed by atoms with Gasteiger partial charge in [-0.15, -0.1) is 0 Å². The van der Waals surface area contributed by atoms with Gasteiger partial charge in [0.2, 0.25) is 0 Å². The number of hydrogen-bond acceptors (Lipinski definition) is 6. The highest BCUT2D eigenvalue weighted by atomic mass is 28.3. The zero-order valence-corrected chi connectivity index (χ0v) is 37.1. The average Bonchev–Trinajstić information content (AvgIpc) is 3.41. The second-order valence-corrected chi connectivity index (χ2v) is 20.6. The van der Waals surface area contributed by atoms with Gasteiger partial charge in [0.05, 0.1) is 33.6 Å². The van der Waals surface area contributed by atoms with Gasteiger partial charge in [-0.2, -0.15) is 10.5 Å². The van der Waals surface area contributed by atoms with Crippen molar-refractivity contribution >= 4 is 45.9 Å². The Morgan fingerprint density at radius 1 is 0.373 bits per heavy atom. The van der Waals surface area contributed by atoms with Gasteiger partial charge < -0.3 is 4.90 Å². The van der Waals surface area contributed by atoms with Crippen molar-refractivity contribution in [3.63, 3.8) is 0 Å². The normalized spacial score (nSPS) is 13.6. The van der Waals surface area contributed by atoms with E-state index in [9.17, 15) is 10.5 Å². The van der Waals surface area contributed by atoms with Crippen molar-refractivity contribution in [2.24, 2.45) is 0 Å². The molecule has 0 amide bonds. The van der Waals surface area contributed by atoms with E-state index in [4.69, 9.17) is 15.0 Å². The van der Waals surface area contributed by atoms with Gasteiger partial charge in [0, 0.05) is 16.7 Å². The predicted molar refractivity (Wildman–Crippen MR) is 269 cm³/mol. The van der Waals surface area contributed by atoms with E-state index in [0.717, 1.165) is 33.6 Å². The highest BCUT2D eigenvalue weighted by Crippen LogP contribution is 2.59. The van der Waals surface area contributed by atoms with Crippen LogP contribution in [0.4, 0.5) is 17.1 Å². The second kappa shape index (κ2) is 15.9. The fraction of sp³-hybridized carbons (Fsp3) is 0.0167. The monoisotopic (exact) mass is 870 g/mol. The minimum absolute atomic E-state index is 0.321. The number of aromatic nitrogens is 3. The van der Waals surface area contributed by atoms with Crippen LogP contribution in [0.15, 0.2) is 231 Å². The molecule has 0 radical (unpaired) electrons. The number of benzene rings is 9. The lowest BCUT2D eigenvalue weighted by molar-refractivity contribution is 0.736. The number of fused-ring (bicyclic) bond motifs is 8. The summed E-state index contributed by atoms with van der Waals surface area (Å²) < 4.78 is 0. The molecule has 2 aliphatic heterocycles. The molecule has 0 atom stereocenters. The lowest BCUT2D eigenvalue weighted by Crippen LogP contribution is -2.79. The van der Waals surface area contributed by atoms with Gasteiger partial charge in [0.15, 0.2) is 25.5 Å². The molecule has 67 heavy (non-hydrogen) atoms. The Labute approximate surface area is 390 Å². The highest BCUT2D eigenvalue weighted by Gasteiger charge is 2.57. The van der Waals surface area contributed by atoms with Gasteiger partial charge in [-0.05, 0) is 67.3 Å². The van der Waals surface area contributed by atoms with E-state index in [1.807, 2.05) is 72.8 Å². The molecule has 2 aliphatic rings. The lowest BCUT2D eigenvalue weighted by atomic mass is 9.62. The largest absolute Gasteiger partial charge is 0.307 e. The van der Waals surface area contributed by atoms with Crippen molar-refractivity contribution in [3.05, 3.63) is 264 Å². The summed E-state index contributed by atoms with van der Waals surface area (Å²) in [5.74, 6) is 1.36. The summed E-state index contributed by atoms with van der Waals surface area (Å²) in [6.45, 7) is 0. The summed E-state index contributed by atoms with van der Waals surface area (Å²) in [6.07, 6.45) is 0. The topological polar surface area (TPSA) is 89.5 Å². The third kappa shape index (κ3) is 5.89. The molecule has 0 unspecified atom stereocenters. The number of nitriles is 2. The molecule has 0 saturated heterocycles. The van der Waals surface area contributed by atoms with Crippen LogP contribution in [0.2, 0.25) is 0 Å². The van der Waals surface area contributed by atoms with Crippen molar-refractivity contribution in [1.82, 2.24) is 15.0 Å². The number of anilines is 3. The third-order valence-corrected chi connectivity index (χ3v) is 18.4. The lowest BCUT2D eigenvalue weighted by Gasteiger charge is -2.53. The number of hydrogen-bond donors (Lipinski definition) is 0. The Balaban J connectivity index is 1.12. The molecular weight excluding hydrogens is 833 g/mol. The van der Waals surface area contributed by atoms with Gasteiger partial charge in [0.1, 0.15) is 12.1 Å². The molecule has 7 heteroatoms. The minimum Gasteiger partial charge on any atom is -0.307 e. The van der Waals surface area contributed by atoms with Crippen LogP contribution in [0.3, 0.4) is 0 Å². The van der Waals surface area contributed by atoms with E-state index >= 15 is 0 Å². The van der Waals surface area contributed by atoms with E-state index in [2.05, 4.69) is 175 Å². The molecule has 0 N–H and O–H groups in total. The van der Waals surface area contributed by atoms with Crippen molar-refractivity contribution in [1.29, 1.82) is 10.5 Å². The van der Waals surface area contributed by atoms with E-state index in [-0.39, 0.29) is 0 Å². The summed E-state index contributed by atoms with van der Waals surface area (Å²) in [4.78, 5) is 17.0. The van der Waals surface area contributed by atoms with Crippen LogP contribution >= 0.6 is 0 Å². The maximum Gasteiger partial charge on any atom is 0.180 e. The van der Waals surface area contributed by atoms with Gasteiger partial charge >= 0.3 is 0 Å². The molecular formula is C60H38N6Si. The van der Waals surface area contributed by atoms with Crippen LogP contribution in [0.5, 0.6) is 0 Å². The Morgan fingerprint density at radius 3 is 1.13 bits per heavy atom. The zero-order chi connectivity index (χ0) is 45.0. The van der Waals surface area contributed by atoms with Crippen LogP contribution in [0, 0.1) is 22.7 Å². The van der Waals surface area contributed by atoms with Crippen molar-refractivity contribution in [3.8, 4) is 46.3 Å². The smallest absolute Gasteiger partial charge is 0.180 e. The van der Waals surface area contributed by atoms with Crippen LogP contribution < -0.4 is 25.6 Å². The highest BCUT2D eigenvalue weighted by molar-refractivity contribution is 7.20. The van der Waals surface area contributed by atoms with Gasteiger partial charge in [0.25, 0.3) is 0 Å². The van der Waals surface area contributed by atoms with Gasteiger partial charge in [-0.1, -0.05) is 206 Å².